The zero-order chi connectivity index (χ0) is 12.3. The highest BCUT2D eigenvalue weighted by molar-refractivity contribution is 5.81. The Kier molecular flexibility index (Phi) is 4.01. The van der Waals surface area contributed by atoms with Crippen molar-refractivity contribution in [3.05, 3.63) is 0 Å². The van der Waals surface area contributed by atoms with Gasteiger partial charge in [-0.2, -0.15) is 0 Å². The minimum Gasteiger partial charge on any atom is -0.373 e. The van der Waals surface area contributed by atoms with Gasteiger partial charge in [-0.05, 0) is 32.6 Å². The minimum atomic E-state index is -0.325. The lowest BCUT2D eigenvalue weighted by molar-refractivity contribution is -0.133. The van der Waals surface area contributed by atoms with Gasteiger partial charge < -0.3 is 20.5 Å². The molecule has 2 saturated heterocycles. The lowest BCUT2D eigenvalue weighted by Crippen LogP contribution is -2.44. The topological polar surface area (TPSA) is 73.6 Å². The van der Waals surface area contributed by atoms with Crippen molar-refractivity contribution in [2.24, 2.45) is 5.73 Å². The van der Waals surface area contributed by atoms with Crippen molar-refractivity contribution in [1.29, 1.82) is 0 Å². The number of hydrogen-bond donors (Lipinski definition) is 2. The van der Waals surface area contributed by atoms with Crippen molar-refractivity contribution < 1.29 is 14.3 Å². The largest absolute Gasteiger partial charge is 0.373 e. The lowest BCUT2D eigenvalue weighted by atomic mass is 10.0. The summed E-state index contributed by atoms with van der Waals surface area (Å²) in [6.07, 6.45) is 3.44. The summed E-state index contributed by atoms with van der Waals surface area (Å²) in [5, 5.41) is 2.92. The number of nitrogens with one attached hydrogen (secondary N) is 1. The molecule has 3 atom stereocenters. The van der Waals surface area contributed by atoms with Crippen LogP contribution in [0, 0.1) is 0 Å². The van der Waals surface area contributed by atoms with Crippen molar-refractivity contribution >= 4 is 5.91 Å². The molecule has 0 aromatic carbocycles. The molecule has 0 aliphatic carbocycles. The van der Waals surface area contributed by atoms with Gasteiger partial charge in [-0.1, -0.05) is 0 Å². The molecule has 2 heterocycles. The Morgan fingerprint density at radius 3 is 2.94 bits per heavy atom. The van der Waals surface area contributed by atoms with E-state index in [0.717, 1.165) is 32.3 Å². The minimum absolute atomic E-state index is 0.0299. The molecule has 0 bridgehead atoms. The van der Waals surface area contributed by atoms with E-state index in [1.54, 1.807) is 0 Å². The van der Waals surface area contributed by atoms with Gasteiger partial charge in [0.05, 0.1) is 11.7 Å². The molecular weight excluding hydrogens is 220 g/mol. The molecule has 0 aromatic rings. The summed E-state index contributed by atoms with van der Waals surface area (Å²) in [4.78, 5) is 11.9. The van der Waals surface area contributed by atoms with Crippen molar-refractivity contribution in [1.82, 2.24) is 5.32 Å². The maximum atomic E-state index is 11.9. The van der Waals surface area contributed by atoms with Crippen molar-refractivity contribution in [2.45, 2.75) is 50.4 Å². The molecule has 17 heavy (non-hydrogen) atoms. The summed E-state index contributed by atoms with van der Waals surface area (Å²) < 4.78 is 11.2. The summed E-state index contributed by atoms with van der Waals surface area (Å²) in [5.41, 5.74) is 5.32. The van der Waals surface area contributed by atoms with Crippen LogP contribution >= 0.6 is 0 Å². The van der Waals surface area contributed by atoms with Crippen molar-refractivity contribution in [3.63, 3.8) is 0 Å². The average molecular weight is 242 g/mol. The van der Waals surface area contributed by atoms with Crippen molar-refractivity contribution in [2.75, 3.05) is 19.7 Å². The maximum absolute atomic E-state index is 11.9. The van der Waals surface area contributed by atoms with Crippen LogP contribution in [0.4, 0.5) is 0 Å². The van der Waals surface area contributed by atoms with E-state index < -0.39 is 0 Å². The standard InChI is InChI=1S/C12H22N2O3/c1-12(5-2-6-16-12)8-14-11(15)10-4-3-9(7-13)17-10/h9-10H,2-8,13H2,1H3,(H,14,15). The Balaban J connectivity index is 1.74. The number of hydrogen-bond acceptors (Lipinski definition) is 4. The third-order valence-electron chi connectivity index (χ3n) is 3.60. The molecule has 2 fully saturated rings. The van der Waals surface area contributed by atoms with Gasteiger partial charge in [0.2, 0.25) is 5.91 Å². The summed E-state index contributed by atoms with van der Waals surface area (Å²) in [6.45, 7) is 3.89. The first kappa shape index (κ1) is 12.8. The molecule has 0 spiro atoms. The fourth-order valence-corrected chi connectivity index (χ4v) is 2.44. The van der Waals surface area contributed by atoms with E-state index in [0.29, 0.717) is 13.1 Å². The second-order valence-electron chi connectivity index (χ2n) is 5.18. The van der Waals surface area contributed by atoms with E-state index in [9.17, 15) is 4.79 Å². The van der Waals surface area contributed by atoms with Crippen LogP contribution in [0.1, 0.15) is 32.6 Å². The molecule has 0 aromatic heterocycles. The van der Waals surface area contributed by atoms with Crippen LogP contribution in [0.3, 0.4) is 0 Å². The molecule has 98 valence electrons. The smallest absolute Gasteiger partial charge is 0.249 e. The monoisotopic (exact) mass is 242 g/mol. The van der Waals surface area contributed by atoms with Gasteiger partial charge in [-0.15, -0.1) is 0 Å². The van der Waals surface area contributed by atoms with E-state index in [4.69, 9.17) is 15.2 Å². The van der Waals surface area contributed by atoms with Crippen LogP contribution in [0.5, 0.6) is 0 Å². The van der Waals surface area contributed by atoms with Gasteiger partial charge in [0, 0.05) is 19.7 Å². The van der Waals surface area contributed by atoms with Gasteiger partial charge in [0.25, 0.3) is 0 Å². The van der Waals surface area contributed by atoms with Crippen LogP contribution in [-0.2, 0) is 14.3 Å². The van der Waals surface area contributed by atoms with Gasteiger partial charge in [-0.3, -0.25) is 4.79 Å². The number of carbonyl (C=O) groups is 1. The first-order valence-corrected chi connectivity index (χ1v) is 6.40. The van der Waals surface area contributed by atoms with Crippen LogP contribution < -0.4 is 11.1 Å². The number of rotatable bonds is 4. The first-order valence-electron chi connectivity index (χ1n) is 6.40. The molecule has 2 aliphatic rings. The summed E-state index contributed by atoms with van der Waals surface area (Å²) in [5.74, 6) is -0.0299. The highest BCUT2D eigenvalue weighted by Crippen LogP contribution is 2.24. The van der Waals surface area contributed by atoms with E-state index >= 15 is 0 Å². The van der Waals surface area contributed by atoms with E-state index in [1.165, 1.54) is 0 Å². The van der Waals surface area contributed by atoms with Gasteiger partial charge in [0.1, 0.15) is 6.10 Å². The quantitative estimate of drug-likeness (QED) is 0.737. The lowest BCUT2D eigenvalue weighted by Gasteiger charge is -2.24. The fourth-order valence-electron chi connectivity index (χ4n) is 2.44. The third kappa shape index (κ3) is 3.18. The normalized spacial score (nSPS) is 37.3. The number of nitrogens with two attached hydrogens (primary N) is 1. The van der Waals surface area contributed by atoms with Crippen LogP contribution in [-0.4, -0.2) is 43.4 Å². The average Bonchev–Trinajstić information content (AvgIpc) is 2.95. The Hall–Kier alpha value is -0.650. The van der Waals surface area contributed by atoms with Crippen LogP contribution in [0.25, 0.3) is 0 Å². The SMILES string of the molecule is CC1(CNC(=O)C2CCC(CN)O2)CCCO1. The summed E-state index contributed by atoms with van der Waals surface area (Å²) in [7, 11) is 0. The predicted molar refractivity (Wildman–Crippen MR) is 63.6 cm³/mol. The van der Waals surface area contributed by atoms with Crippen LogP contribution in [0.2, 0.25) is 0 Å². The predicted octanol–water partition coefficient (Wildman–Crippen LogP) is 0.178. The second-order valence-corrected chi connectivity index (χ2v) is 5.18. The second kappa shape index (κ2) is 5.33. The Morgan fingerprint density at radius 1 is 1.53 bits per heavy atom. The number of ether oxygens (including phenoxy) is 2. The first-order chi connectivity index (χ1) is 8.13. The molecule has 3 N–H and O–H groups in total. The molecule has 3 unspecified atom stereocenters. The molecule has 0 saturated carbocycles. The molecule has 1 amide bonds. The Labute approximate surface area is 102 Å². The molecular formula is C12H22N2O3. The molecule has 5 heteroatoms. The Morgan fingerprint density at radius 2 is 2.35 bits per heavy atom. The maximum Gasteiger partial charge on any atom is 0.249 e. The molecule has 5 nitrogen and oxygen atoms in total. The highest BCUT2D eigenvalue weighted by Gasteiger charge is 2.33. The summed E-state index contributed by atoms with van der Waals surface area (Å²) in [6, 6.07) is 0. The fraction of sp³-hybridized carbons (Fsp3) is 0.917. The van der Waals surface area contributed by atoms with E-state index in [-0.39, 0.29) is 23.7 Å². The zero-order valence-corrected chi connectivity index (χ0v) is 10.4. The third-order valence-corrected chi connectivity index (χ3v) is 3.60. The number of carbonyl (C=O) groups excluding carboxylic acids is 1. The van der Waals surface area contributed by atoms with Gasteiger partial charge >= 0.3 is 0 Å². The summed E-state index contributed by atoms with van der Waals surface area (Å²) >= 11 is 0. The van der Waals surface area contributed by atoms with Crippen molar-refractivity contribution in [3.8, 4) is 0 Å². The zero-order valence-electron chi connectivity index (χ0n) is 10.4. The number of amides is 1. The molecule has 2 rings (SSSR count). The Bertz CT molecular complexity index is 277. The van der Waals surface area contributed by atoms with Gasteiger partial charge in [0.15, 0.2) is 0 Å². The highest BCUT2D eigenvalue weighted by atomic mass is 16.5. The van der Waals surface area contributed by atoms with Crippen LogP contribution in [0.15, 0.2) is 0 Å². The van der Waals surface area contributed by atoms with E-state index in [2.05, 4.69) is 5.32 Å². The molecule has 0 radical (unpaired) electrons. The molecule has 2 aliphatic heterocycles. The van der Waals surface area contributed by atoms with E-state index in [1.807, 2.05) is 6.92 Å². The van der Waals surface area contributed by atoms with Gasteiger partial charge in [-0.25, -0.2) is 0 Å².